The Bertz CT molecular complexity index is 990. The molecule has 1 N–H and O–H groups in total. The van der Waals surface area contributed by atoms with E-state index in [-0.39, 0.29) is 29.2 Å². The molecule has 3 rings (SSSR count). The molecule has 0 aliphatic rings. The maximum absolute atomic E-state index is 15.0. The lowest BCUT2D eigenvalue weighted by molar-refractivity contribution is 0.132. The Kier molecular flexibility index (Phi) is 4.35. The van der Waals surface area contributed by atoms with Gasteiger partial charge in [-0.2, -0.15) is 5.26 Å². The van der Waals surface area contributed by atoms with Gasteiger partial charge in [0.25, 0.3) is 0 Å². The van der Waals surface area contributed by atoms with E-state index < -0.39 is 11.9 Å². The van der Waals surface area contributed by atoms with Gasteiger partial charge >= 0.3 is 6.09 Å². The summed E-state index contributed by atoms with van der Waals surface area (Å²) in [5, 5.41) is 11.8. The quantitative estimate of drug-likeness (QED) is 0.786. The number of fused-ring (bicyclic) bond motifs is 1. The standard InChI is InChI=1S/C18H14FN3O3/c1-10-12(8-20)16-17(25-13(22-16)9-24-18(23)21-2)15(19)14(10)11-6-4-3-5-7-11/h3-7H,9H2,1-2H3,(H,21,23). The van der Waals surface area contributed by atoms with Crippen molar-refractivity contribution in [3.8, 4) is 17.2 Å². The molecule has 0 unspecified atom stereocenters. The maximum Gasteiger partial charge on any atom is 0.407 e. The maximum atomic E-state index is 15.0. The molecular formula is C18H14FN3O3. The van der Waals surface area contributed by atoms with Gasteiger partial charge in [0.15, 0.2) is 18.0 Å². The van der Waals surface area contributed by atoms with Gasteiger partial charge in [-0.25, -0.2) is 14.2 Å². The molecule has 0 radical (unpaired) electrons. The molecule has 0 spiro atoms. The van der Waals surface area contributed by atoms with E-state index in [1.807, 2.05) is 6.07 Å². The number of alkyl carbamates (subject to hydrolysis) is 1. The summed E-state index contributed by atoms with van der Waals surface area (Å²) in [6.45, 7) is 1.40. The van der Waals surface area contributed by atoms with Crippen molar-refractivity contribution >= 4 is 17.2 Å². The smallest absolute Gasteiger partial charge is 0.407 e. The molecule has 2 aromatic carbocycles. The third kappa shape index (κ3) is 2.90. The summed E-state index contributed by atoms with van der Waals surface area (Å²) < 4.78 is 25.3. The Morgan fingerprint density at radius 3 is 2.76 bits per heavy atom. The van der Waals surface area contributed by atoms with Gasteiger partial charge in [-0.3, -0.25) is 0 Å². The van der Waals surface area contributed by atoms with Crippen molar-refractivity contribution in [3.05, 3.63) is 53.2 Å². The number of benzene rings is 2. The molecule has 0 atom stereocenters. The highest BCUT2D eigenvalue weighted by Gasteiger charge is 2.23. The number of aromatic nitrogens is 1. The zero-order valence-electron chi connectivity index (χ0n) is 13.6. The highest BCUT2D eigenvalue weighted by atomic mass is 19.1. The van der Waals surface area contributed by atoms with Crippen molar-refractivity contribution in [2.75, 3.05) is 7.05 Å². The van der Waals surface area contributed by atoms with Crippen molar-refractivity contribution in [2.24, 2.45) is 0 Å². The summed E-state index contributed by atoms with van der Waals surface area (Å²) in [4.78, 5) is 15.3. The number of carbonyl (C=O) groups excluding carboxylic acids is 1. The molecule has 0 aliphatic heterocycles. The van der Waals surface area contributed by atoms with Gasteiger partial charge in [0, 0.05) is 12.6 Å². The van der Waals surface area contributed by atoms with Crippen LogP contribution in [0.4, 0.5) is 9.18 Å². The van der Waals surface area contributed by atoms with Gasteiger partial charge < -0.3 is 14.5 Å². The number of rotatable bonds is 3. The number of amides is 1. The largest absolute Gasteiger partial charge is 0.440 e. The number of carbonyl (C=O) groups is 1. The Labute approximate surface area is 142 Å². The van der Waals surface area contributed by atoms with E-state index >= 15 is 4.39 Å². The summed E-state index contributed by atoms with van der Waals surface area (Å²) in [7, 11) is 1.41. The molecule has 0 bridgehead atoms. The molecule has 0 saturated carbocycles. The fourth-order valence-corrected chi connectivity index (χ4v) is 2.61. The second-order valence-corrected chi connectivity index (χ2v) is 5.28. The first-order valence-electron chi connectivity index (χ1n) is 7.48. The monoisotopic (exact) mass is 339 g/mol. The molecule has 126 valence electrons. The Morgan fingerprint density at radius 2 is 2.12 bits per heavy atom. The summed E-state index contributed by atoms with van der Waals surface area (Å²) in [6, 6.07) is 11.0. The SMILES string of the molecule is CNC(=O)OCc1nc2c(C#N)c(C)c(-c3ccccc3)c(F)c2o1. The molecule has 3 aromatic rings. The van der Waals surface area contributed by atoms with Crippen molar-refractivity contribution in [3.63, 3.8) is 0 Å². The summed E-state index contributed by atoms with van der Waals surface area (Å²) in [5.41, 5.74) is 1.62. The Hall–Kier alpha value is -3.40. The third-order valence-electron chi connectivity index (χ3n) is 3.78. The lowest BCUT2D eigenvalue weighted by Crippen LogP contribution is -2.18. The summed E-state index contributed by atoms with van der Waals surface area (Å²) in [5.74, 6) is -0.588. The first kappa shape index (κ1) is 16.5. The van der Waals surface area contributed by atoms with E-state index in [2.05, 4.69) is 16.4 Å². The van der Waals surface area contributed by atoms with E-state index in [1.165, 1.54) is 7.05 Å². The van der Waals surface area contributed by atoms with E-state index in [0.717, 1.165) is 0 Å². The van der Waals surface area contributed by atoms with E-state index in [4.69, 9.17) is 9.15 Å². The van der Waals surface area contributed by atoms with Crippen LogP contribution in [0.25, 0.3) is 22.2 Å². The van der Waals surface area contributed by atoms with Gasteiger partial charge in [0.05, 0.1) is 5.56 Å². The number of nitriles is 1. The molecule has 1 aromatic heterocycles. The molecule has 7 heteroatoms. The van der Waals surface area contributed by atoms with Crippen molar-refractivity contribution in [2.45, 2.75) is 13.5 Å². The van der Waals surface area contributed by atoms with Crippen LogP contribution in [0.3, 0.4) is 0 Å². The predicted molar refractivity (Wildman–Crippen MR) is 88.1 cm³/mol. The van der Waals surface area contributed by atoms with Crippen LogP contribution in [0, 0.1) is 24.1 Å². The first-order chi connectivity index (χ1) is 12.1. The second-order valence-electron chi connectivity index (χ2n) is 5.28. The van der Waals surface area contributed by atoms with Gasteiger partial charge in [-0.15, -0.1) is 0 Å². The minimum atomic E-state index is -0.663. The topological polar surface area (TPSA) is 88.1 Å². The van der Waals surface area contributed by atoms with Crippen LogP contribution in [0.5, 0.6) is 0 Å². The minimum absolute atomic E-state index is 0.0126. The number of nitrogens with zero attached hydrogens (tertiary/aromatic N) is 2. The van der Waals surface area contributed by atoms with Crippen molar-refractivity contribution in [1.82, 2.24) is 10.3 Å². The highest BCUT2D eigenvalue weighted by Crippen LogP contribution is 2.35. The lowest BCUT2D eigenvalue weighted by atomic mass is 9.95. The molecule has 25 heavy (non-hydrogen) atoms. The number of ether oxygens (including phenoxy) is 1. The third-order valence-corrected chi connectivity index (χ3v) is 3.78. The minimum Gasteiger partial charge on any atom is -0.440 e. The van der Waals surface area contributed by atoms with Crippen LogP contribution in [0.1, 0.15) is 17.0 Å². The van der Waals surface area contributed by atoms with Crippen LogP contribution in [-0.4, -0.2) is 18.1 Å². The van der Waals surface area contributed by atoms with Gasteiger partial charge in [-0.05, 0) is 18.1 Å². The fourth-order valence-electron chi connectivity index (χ4n) is 2.61. The second kappa shape index (κ2) is 6.61. The normalized spacial score (nSPS) is 10.5. The van der Waals surface area contributed by atoms with E-state index in [1.54, 1.807) is 31.2 Å². The first-order valence-corrected chi connectivity index (χ1v) is 7.48. The van der Waals surface area contributed by atoms with Crippen LogP contribution in [0.2, 0.25) is 0 Å². The van der Waals surface area contributed by atoms with Crippen LogP contribution in [-0.2, 0) is 11.3 Å². The average molecular weight is 339 g/mol. The number of nitrogens with one attached hydrogen (secondary N) is 1. The zero-order chi connectivity index (χ0) is 18.0. The Balaban J connectivity index is 2.17. The molecule has 1 amide bonds. The number of halogens is 1. The predicted octanol–water partition coefficient (Wildman–Crippen LogP) is 3.67. The van der Waals surface area contributed by atoms with Crippen LogP contribution >= 0.6 is 0 Å². The molecular weight excluding hydrogens is 325 g/mol. The molecule has 1 heterocycles. The molecule has 0 aliphatic carbocycles. The van der Waals surface area contributed by atoms with Crippen LogP contribution < -0.4 is 5.32 Å². The summed E-state index contributed by atoms with van der Waals surface area (Å²) >= 11 is 0. The lowest BCUT2D eigenvalue weighted by Gasteiger charge is -2.09. The molecule has 0 saturated heterocycles. The summed E-state index contributed by atoms with van der Waals surface area (Å²) in [6.07, 6.45) is -0.663. The zero-order valence-corrected chi connectivity index (χ0v) is 13.6. The van der Waals surface area contributed by atoms with E-state index in [9.17, 15) is 10.1 Å². The average Bonchev–Trinajstić information content (AvgIpc) is 3.05. The number of hydrogen-bond acceptors (Lipinski definition) is 5. The Morgan fingerprint density at radius 1 is 1.40 bits per heavy atom. The molecule has 6 nitrogen and oxygen atoms in total. The van der Waals surface area contributed by atoms with E-state index in [0.29, 0.717) is 16.7 Å². The number of hydrogen-bond donors (Lipinski definition) is 1. The van der Waals surface area contributed by atoms with Crippen molar-refractivity contribution in [1.29, 1.82) is 5.26 Å². The van der Waals surface area contributed by atoms with Gasteiger partial charge in [-0.1, -0.05) is 30.3 Å². The van der Waals surface area contributed by atoms with Gasteiger partial charge in [0.1, 0.15) is 11.6 Å². The highest BCUT2D eigenvalue weighted by molar-refractivity contribution is 5.89. The fraction of sp³-hybridized carbons (Fsp3) is 0.167. The number of oxazole rings is 1. The van der Waals surface area contributed by atoms with Gasteiger partial charge in [0.2, 0.25) is 5.89 Å². The van der Waals surface area contributed by atoms with Crippen LogP contribution in [0.15, 0.2) is 34.7 Å². The van der Waals surface area contributed by atoms with Crippen molar-refractivity contribution < 1.29 is 18.3 Å². The molecule has 0 fully saturated rings.